The van der Waals surface area contributed by atoms with Crippen LogP contribution in [0, 0.1) is 11.8 Å². The van der Waals surface area contributed by atoms with Crippen molar-refractivity contribution in [1.82, 2.24) is 4.72 Å². The molecule has 0 aromatic heterocycles. The minimum atomic E-state index is -3.20. The highest BCUT2D eigenvalue weighted by Gasteiger charge is 2.25. The van der Waals surface area contributed by atoms with Crippen LogP contribution in [0.3, 0.4) is 0 Å². The van der Waals surface area contributed by atoms with Crippen molar-refractivity contribution < 1.29 is 18.3 Å². The minimum Gasteiger partial charge on any atom is -0.396 e. The first-order valence-corrected chi connectivity index (χ1v) is 8.31. The van der Waals surface area contributed by atoms with Crippen LogP contribution in [-0.4, -0.2) is 46.1 Å². The predicted octanol–water partition coefficient (Wildman–Crippen LogP) is 0.741. The highest BCUT2D eigenvalue weighted by atomic mass is 32.2. The number of rotatable bonds is 8. The summed E-state index contributed by atoms with van der Waals surface area (Å²) in [4.78, 5) is 0. The standard InChI is InChI=1S/C12H25NO4S/c1-17-7-4-8-18(15,16)13-9-11-5-2-3-6-12(11)10-14/h11-14H,2-10H2,1H3. The molecule has 5 nitrogen and oxygen atoms in total. The van der Waals surface area contributed by atoms with E-state index >= 15 is 0 Å². The second kappa shape index (κ2) is 8.09. The fourth-order valence-corrected chi connectivity index (χ4v) is 3.60. The summed E-state index contributed by atoms with van der Waals surface area (Å²) in [6, 6.07) is 0. The Balaban J connectivity index is 2.33. The van der Waals surface area contributed by atoms with E-state index in [0.29, 0.717) is 19.6 Å². The van der Waals surface area contributed by atoms with Crippen molar-refractivity contribution in [3.8, 4) is 0 Å². The van der Waals surface area contributed by atoms with Gasteiger partial charge < -0.3 is 9.84 Å². The smallest absolute Gasteiger partial charge is 0.211 e. The van der Waals surface area contributed by atoms with Crippen LogP contribution in [0.5, 0.6) is 0 Å². The summed E-state index contributed by atoms with van der Waals surface area (Å²) in [6.45, 7) is 1.08. The molecule has 0 spiro atoms. The number of hydrogen-bond donors (Lipinski definition) is 2. The Hall–Kier alpha value is -0.170. The lowest BCUT2D eigenvalue weighted by Gasteiger charge is -2.30. The summed E-state index contributed by atoms with van der Waals surface area (Å²) in [5.74, 6) is 0.638. The summed E-state index contributed by atoms with van der Waals surface area (Å²) < 4.78 is 30.9. The molecule has 1 saturated carbocycles. The van der Waals surface area contributed by atoms with Crippen LogP contribution in [0.15, 0.2) is 0 Å². The van der Waals surface area contributed by atoms with Crippen molar-refractivity contribution in [2.24, 2.45) is 11.8 Å². The molecule has 0 bridgehead atoms. The van der Waals surface area contributed by atoms with E-state index in [2.05, 4.69) is 4.72 Å². The molecule has 1 rings (SSSR count). The van der Waals surface area contributed by atoms with E-state index in [1.165, 1.54) is 0 Å². The monoisotopic (exact) mass is 279 g/mol. The molecule has 18 heavy (non-hydrogen) atoms. The van der Waals surface area contributed by atoms with Gasteiger partial charge in [-0.3, -0.25) is 0 Å². The van der Waals surface area contributed by atoms with Crippen molar-refractivity contribution in [1.29, 1.82) is 0 Å². The molecule has 0 radical (unpaired) electrons. The quantitative estimate of drug-likeness (QED) is 0.643. The van der Waals surface area contributed by atoms with Crippen molar-refractivity contribution >= 4 is 10.0 Å². The number of sulfonamides is 1. The van der Waals surface area contributed by atoms with E-state index in [1.54, 1.807) is 7.11 Å². The predicted molar refractivity (Wildman–Crippen MR) is 70.8 cm³/mol. The lowest BCUT2D eigenvalue weighted by molar-refractivity contribution is 0.136. The Morgan fingerprint density at radius 2 is 1.94 bits per heavy atom. The first-order chi connectivity index (χ1) is 8.59. The molecule has 1 fully saturated rings. The molecule has 0 aliphatic heterocycles. The normalized spacial score (nSPS) is 25.2. The summed E-state index contributed by atoms with van der Waals surface area (Å²) in [5, 5.41) is 9.27. The fraction of sp³-hybridized carbons (Fsp3) is 1.00. The van der Waals surface area contributed by atoms with Crippen LogP contribution in [-0.2, 0) is 14.8 Å². The molecule has 0 aromatic rings. The average molecular weight is 279 g/mol. The number of hydrogen-bond acceptors (Lipinski definition) is 4. The van der Waals surface area contributed by atoms with Crippen LogP contribution < -0.4 is 4.72 Å². The van der Waals surface area contributed by atoms with Crippen molar-refractivity contribution in [3.63, 3.8) is 0 Å². The van der Waals surface area contributed by atoms with Crippen LogP contribution in [0.2, 0.25) is 0 Å². The minimum absolute atomic E-state index is 0.108. The van der Waals surface area contributed by atoms with E-state index < -0.39 is 10.0 Å². The molecule has 0 heterocycles. The summed E-state index contributed by atoms with van der Waals surface area (Å²) in [7, 11) is -1.63. The molecule has 0 saturated heterocycles. The Morgan fingerprint density at radius 3 is 2.56 bits per heavy atom. The van der Waals surface area contributed by atoms with Gasteiger partial charge in [-0.05, 0) is 31.1 Å². The van der Waals surface area contributed by atoms with Gasteiger partial charge in [-0.15, -0.1) is 0 Å². The van der Waals surface area contributed by atoms with Gasteiger partial charge >= 0.3 is 0 Å². The number of aliphatic hydroxyl groups is 1. The molecule has 1 aliphatic rings. The Bertz CT molecular complexity index is 318. The van der Waals surface area contributed by atoms with Crippen LogP contribution in [0.25, 0.3) is 0 Å². The van der Waals surface area contributed by atoms with Gasteiger partial charge in [0.05, 0.1) is 5.75 Å². The Morgan fingerprint density at radius 1 is 1.28 bits per heavy atom. The maximum absolute atomic E-state index is 11.7. The van der Waals surface area contributed by atoms with Gasteiger partial charge in [0.25, 0.3) is 0 Å². The third-order valence-electron chi connectivity index (χ3n) is 3.63. The Kier molecular flexibility index (Phi) is 7.14. The largest absolute Gasteiger partial charge is 0.396 e. The van der Waals surface area contributed by atoms with E-state index in [-0.39, 0.29) is 24.2 Å². The van der Waals surface area contributed by atoms with Crippen molar-refractivity contribution in [3.05, 3.63) is 0 Å². The fourth-order valence-electron chi connectivity index (χ4n) is 2.49. The first-order valence-electron chi connectivity index (χ1n) is 6.66. The van der Waals surface area contributed by atoms with Gasteiger partial charge in [-0.1, -0.05) is 12.8 Å². The maximum Gasteiger partial charge on any atom is 0.211 e. The molecular weight excluding hydrogens is 254 g/mol. The van der Waals surface area contributed by atoms with Crippen molar-refractivity contribution in [2.45, 2.75) is 32.1 Å². The number of methoxy groups -OCH3 is 1. The highest BCUT2D eigenvalue weighted by Crippen LogP contribution is 2.29. The molecule has 1 aliphatic carbocycles. The number of nitrogens with one attached hydrogen (secondary N) is 1. The lowest BCUT2D eigenvalue weighted by Crippen LogP contribution is -2.36. The molecular formula is C12H25NO4S. The number of aliphatic hydroxyl groups excluding tert-OH is 1. The number of ether oxygens (including phenoxy) is 1. The van der Waals surface area contributed by atoms with Crippen molar-refractivity contribution in [2.75, 3.05) is 32.6 Å². The van der Waals surface area contributed by atoms with Gasteiger partial charge in [-0.25, -0.2) is 13.1 Å². The van der Waals surface area contributed by atoms with Gasteiger partial charge in [0, 0.05) is 26.9 Å². The van der Waals surface area contributed by atoms with Gasteiger partial charge in [0.15, 0.2) is 0 Å². The SMILES string of the molecule is COCCCS(=O)(=O)NCC1CCCCC1CO. The summed E-state index contributed by atoms with van der Waals surface area (Å²) in [6.07, 6.45) is 4.80. The summed E-state index contributed by atoms with van der Waals surface area (Å²) in [5.41, 5.74) is 0. The van der Waals surface area contributed by atoms with E-state index in [9.17, 15) is 13.5 Å². The highest BCUT2D eigenvalue weighted by molar-refractivity contribution is 7.89. The Labute approximate surface area is 110 Å². The molecule has 2 unspecified atom stereocenters. The van der Waals surface area contributed by atoms with Crippen LogP contribution in [0.4, 0.5) is 0 Å². The van der Waals surface area contributed by atoms with Gasteiger partial charge in [0.2, 0.25) is 10.0 Å². The molecule has 6 heteroatoms. The van der Waals surface area contributed by atoms with Crippen LogP contribution in [0.1, 0.15) is 32.1 Å². The zero-order valence-electron chi connectivity index (χ0n) is 11.1. The average Bonchev–Trinajstić information content (AvgIpc) is 2.37. The third-order valence-corrected chi connectivity index (χ3v) is 5.06. The van der Waals surface area contributed by atoms with Gasteiger partial charge in [-0.2, -0.15) is 0 Å². The zero-order chi connectivity index (χ0) is 13.4. The molecule has 2 N–H and O–H groups in total. The molecule has 2 atom stereocenters. The second-order valence-electron chi connectivity index (χ2n) is 5.00. The van der Waals surface area contributed by atoms with E-state index in [0.717, 1.165) is 25.7 Å². The lowest BCUT2D eigenvalue weighted by atomic mass is 9.80. The maximum atomic E-state index is 11.7. The van der Waals surface area contributed by atoms with Crippen LogP contribution >= 0.6 is 0 Å². The molecule has 108 valence electrons. The second-order valence-corrected chi connectivity index (χ2v) is 6.93. The topological polar surface area (TPSA) is 75.6 Å². The molecule has 0 aromatic carbocycles. The summed E-state index contributed by atoms with van der Waals surface area (Å²) >= 11 is 0. The van der Waals surface area contributed by atoms with E-state index in [4.69, 9.17) is 4.74 Å². The zero-order valence-corrected chi connectivity index (χ0v) is 11.9. The van der Waals surface area contributed by atoms with Gasteiger partial charge in [0.1, 0.15) is 0 Å². The third kappa shape index (κ3) is 5.65. The molecule has 0 amide bonds. The first kappa shape index (κ1) is 15.9. The van der Waals surface area contributed by atoms with E-state index in [1.807, 2.05) is 0 Å².